The Morgan fingerprint density at radius 2 is 1.88 bits per heavy atom. The molecule has 0 unspecified atom stereocenters. The van der Waals surface area contributed by atoms with E-state index in [4.69, 9.17) is 0 Å². The quantitative estimate of drug-likeness (QED) is 0.808. The molecule has 0 saturated heterocycles. The molecule has 0 aliphatic carbocycles. The minimum Gasteiger partial charge on any atom is -0.448 e. The van der Waals surface area contributed by atoms with E-state index in [9.17, 15) is 17.7 Å². The molecular formula is C9H10BF3NO2-. The van der Waals surface area contributed by atoms with Crippen molar-refractivity contribution < 1.29 is 22.5 Å². The topological polar surface area (TPSA) is 38.3 Å². The molecule has 7 heteroatoms. The fraction of sp³-hybridized carbons (Fsp3) is 0.222. The number of carbonyl (C=O) groups is 1. The first-order chi connectivity index (χ1) is 7.47. The number of hydrogen-bond acceptors (Lipinski definition) is 2. The summed E-state index contributed by atoms with van der Waals surface area (Å²) in [5.41, 5.74) is 0.718. The second-order valence-corrected chi connectivity index (χ2v) is 3.15. The van der Waals surface area contributed by atoms with Crippen LogP contribution in [0.2, 0.25) is 0 Å². The molecule has 0 saturated carbocycles. The molecule has 0 aliphatic heterocycles. The Labute approximate surface area is 90.7 Å². The van der Waals surface area contributed by atoms with Crippen LogP contribution < -0.4 is 5.32 Å². The molecule has 0 radical (unpaired) electrons. The lowest BCUT2D eigenvalue weighted by Gasteiger charge is -2.14. The summed E-state index contributed by atoms with van der Waals surface area (Å²) >= 11 is 0. The van der Waals surface area contributed by atoms with Gasteiger partial charge < -0.3 is 23.0 Å². The summed E-state index contributed by atoms with van der Waals surface area (Å²) in [6, 6.07) is 8.70. The van der Waals surface area contributed by atoms with Crippen LogP contribution >= 0.6 is 0 Å². The highest BCUT2D eigenvalue weighted by atomic mass is 19.4. The lowest BCUT2D eigenvalue weighted by molar-refractivity contribution is 0.140. The van der Waals surface area contributed by atoms with Crippen LogP contribution in [0.3, 0.4) is 0 Å². The Morgan fingerprint density at radius 3 is 2.44 bits per heavy atom. The molecule has 0 fully saturated rings. The third kappa shape index (κ3) is 5.28. The summed E-state index contributed by atoms with van der Waals surface area (Å²) in [4.78, 5) is 10.8. The van der Waals surface area contributed by atoms with Crippen molar-refractivity contribution in [2.45, 2.75) is 6.61 Å². The van der Waals surface area contributed by atoms with Crippen molar-refractivity contribution >= 4 is 13.1 Å². The van der Waals surface area contributed by atoms with E-state index in [2.05, 4.69) is 4.74 Å². The average molecular weight is 232 g/mol. The van der Waals surface area contributed by atoms with Crippen molar-refractivity contribution in [2.75, 3.05) is 6.44 Å². The molecule has 3 nitrogen and oxygen atoms in total. The normalized spacial score (nSPS) is 10.9. The molecule has 1 aromatic carbocycles. The first-order valence-corrected chi connectivity index (χ1v) is 4.63. The van der Waals surface area contributed by atoms with Crippen molar-refractivity contribution in [1.82, 2.24) is 5.32 Å². The van der Waals surface area contributed by atoms with Gasteiger partial charge in [-0.25, -0.2) is 4.79 Å². The Hall–Kier alpha value is -1.66. The minimum absolute atomic E-state index is 0.0441. The number of benzene rings is 1. The Morgan fingerprint density at radius 1 is 1.25 bits per heavy atom. The van der Waals surface area contributed by atoms with Gasteiger partial charge in [-0.05, 0) is 12.0 Å². The molecule has 1 N–H and O–H groups in total. The zero-order chi connectivity index (χ0) is 12.0. The van der Waals surface area contributed by atoms with Crippen LogP contribution in [0.25, 0.3) is 0 Å². The predicted molar refractivity (Wildman–Crippen MR) is 53.7 cm³/mol. The number of carbonyl (C=O) groups excluding carboxylic acids is 1. The lowest BCUT2D eigenvalue weighted by atomic mass is 9.93. The highest BCUT2D eigenvalue weighted by Gasteiger charge is 2.23. The number of hydrogen-bond donors (Lipinski definition) is 1. The minimum atomic E-state index is -5.02. The van der Waals surface area contributed by atoms with E-state index in [1.54, 1.807) is 35.6 Å². The highest BCUT2D eigenvalue weighted by Crippen LogP contribution is 2.06. The number of rotatable bonds is 4. The average Bonchev–Trinajstić information content (AvgIpc) is 2.24. The van der Waals surface area contributed by atoms with Gasteiger partial charge in [-0.2, -0.15) is 0 Å². The molecule has 0 aromatic heterocycles. The van der Waals surface area contributed by atoms with Gasteiger partial charge in [0.1, 0.15) is 6.61 Å². The number of amides is 1. The number of halogens is 3. The molecule has 1 rings (SSSR count). The summed E-state index contributed by atoms with van der Waals surface area (Å²) in [5, 5.41) is 1.63. The van der Waals surface area contributed by atoms with E-state index in [1.807, 2.05) is 0 Å². The van der Waals surface area contributed by atoms with E-state index < -0.39 is 19.5 Å². The van der Waals surface area contributed by atoms with Crippen molar-refractivity contribution in [3.05, 3.63) is 35.9 Å². The van der Waals surface area contributed by atoms with E-state index in [0.717, 1.165) is 5.56 Å². The van der Waals surface area contributed by atoms with Gasteiger partial charge in [-0.1, -0.05) is 30.3 Å². The predicted octanol–water partition coefficient (Wildman–Crippen LogP) is 2.30. The van der Waals surface area contributed by atoms with Gasteiger partial charge >= 0.3 is 13.1 Å². The fourth-order valence-electron chi connectivity index (χ4n) is 0.973. The maximum Gasteiger partial charge on any atom is 0.497 e. The molecule has 0 atom stereocenters. The van der Waals surface area contributed by atoms with Crippen molar-refractivity contribution in [3.63, 3.8) is 0 Å². The summed E-state index contributed by atoms with van der Waals surface area (Å²) in [5.74, 6) is 0. The van der Waals surface area contributed by atoms with Gasteiger partial charge in [0.2, 0.25) is 0 Å². The SMILES string of the molecule is O=C(NC[B-](F)(F)F)OCc1ccccc1. The van der Waals surface area contributed by atoms with E-state index >= 15 is 0 Å². The fourth-order valence-corrected chi connectivity index (χ4v) is 0.973. The molecule has 1 aromatic rings. The van der Waals surface area contributed by atoms with Gasteiger partial charge in [0.05, 0.1) is 0 Å². The summed E-state index contributed by atoms with van der Waals surface area (Å²) < 4.78 is 39.9. The zero-order valence-corrected chi connectivity index (χ0v) is 8.33. The van der Waals surface area contributed by atoms with Crippen molar-refractivity contribution in [2.24, 2.45) is 0 Å². The second kappa shape index (κ2) is 5.43. The maximum absolute atomic E-state index is 11.8. The molecular weight excluding hydrogens is 222 g/mol. The van der Waals surface area contributed by atoms with Gasteiger partial charge in [0, 0.05) is 0 Å². The number of ether oxygens (including phenoxy) is 1. The van der Waals surface area contributed by atoms with Gasteiger partial charge in [0.25, 0.3) is 0 Å². The molecule has 0 aliphatic rings. The van der Waals surface area contributed by atoms with Crippen LogP contribution in [0.15, 0.2) is 30.3 Å². The van der Waals surface area contributed by atoms with Crippen molar-refractivity contribution in [3.8, 4) is 0 Å². The zero-order valence-electron chi connectivity index (χ0n) is 8.33. The first-order valence-electron chi connectivity index (χ1n) is 4.63. The third-order valence-electron chi connectivity index (χ3n) is 1.69. The molecule has 16 heavy (non-hydrogen) atoms. The Kier molecular flexibility index (Phi) is 4.22. The Bertz CT molecular complexity index is 342. The second-order valence-electron chi connectivity index (χ2n) is 3.15. The standard InChI is InChI=1S/C9H10BF3NO2/c11-10(12,13)7-14-9(15)16-6-8-4-2-1-3-5-8/h1-5H,6-7H2,(H,14,15)/q-1. The Balaban J connectivity index is 2.26. The molecule has 0 heterocycles. The van der Waals surface area contributed by atoms with E-state index in [-0.39, 0.29) is 6.61 Å². The first kappa shape index (κ1) is 12.4. The summed E-state index contributed by atoms with van der Waals surface area (Å²) in [7, 11) is 0. The molecule has 88 valence electrons. The van der Waals surface area contributed by atoms with Crippen LogP contribution in [0.1, 0.15) is 5.56 Å². The largest absolute Gasteiger partial charge is 0.497 e. The van der Waals surface area contributed by atoms with Crippen molar-refractivity contribution in [1.29, 1.82) is 0 Å². The molecule has 1 amide bonds. The van der Waals surface area contributed by atoms with Crippen LogP contribution in [0.4, 0.5) is 17.7 Å². The van der Waals surface area contributed by atoms with Crippen LogP contribution in [0, 0.1) is 0 Å². The third-order valence-corrected chi connectivity index (χ3v) is 1.69. The number of nitrogens with one attached hydrogen (secondary N) is 1. The molecule has 0 bridgehead atoms. The maximum atomic E-state index is 11.8. The monoisotopic (exact) mass is 232 g/mol. The van der Waals surface area contributed by atoms with Crippen LogP contribution in [0.5, 0.6) is 0 Å². The molecule has 0 spiro atoms. The number of alkyl carbamates (subject to hydrolysis) is 1. The van der Waals surface area contributed by atoms with Gasteiger partial charge in [0.15, 0.2) is 0 Å². The van der Waals surface area contributed by atoms with E-state index in [1.165, 1.54) is 0 Å². The van der Waals surface area contributed by atoms with Gasteiger partial charge in [-0.3, -0.25) is 0 Å². The van der Waals surface area contributed by atoms with Crippen LogP contribution in [-0.2, 0) is 11.3 Å². The summed E-state index contributed by atoms with van der Waals surface area (Å²) in [6.45, 7) is -5.06. The smallest absolute Gasteiger partial charge is 0.448 e. The summed E-state index contributed by atoms with van der Waals surface area (Å²) in [6.07, 6.45) is -2.39. The lowest BCUT2D eigenvalue weighted by Crippen LogP contribution is -2.37. The van der Waals surface area contributed by atoms with Crippen LogP contribution in [-0.4, -0.2) is 19.5 Å². The highest BCUT2D eigenvalue weighted by molar-refractivity contribution is 6.58. The van der Waals surface area contributed by atoms with Gasteiger partial charge in [-0.15, -0.1) is 0 Å². The van der Waals surface area contributed by atoms with E-state index in [0.29, 0.717) is 0 Å².